The molecule has 0 bridgehead atoms. The van der Waals surface area contributed by atoms with Crippen molar-refractivity contribution in [2.24, 2.45) is 0 Å². The minimum absolute atomic E-state index is 0.260. The van der Waals surface area contributed by atoms with Crippen LogP contribution in [0.25, 0.3) is 0 Å². The summed E-state index contributed by atoms with van der Waals surface area (Å²) in [6.45, 7) is 4.70. The Morgan fingerprint density at radius 2 is 2.05 bits per heavy atom. The number of rotatable bonds is 4. The lowest BCUT2D eigenvalue weighted by Crippen LogP contribution is -2.14. The number of nitrogens with one attached hydrogen (secondary N) is 2. The highest BCUT2D eigenvalue weighted by atomic mass is 35.5. The zero-order chi connectivity index (χ0) is 14.5. The van der Waals surface area contributed by atoms with Gasteiger partial charge in [0.25, 0.3) is 5.91 Å². The number of carbonyl (C=O) groups is 1. The largest absolute Gasteiger partial charge is 0.385 e. The van der Waals surface area contributed by atoms with Crippen molar-refractivity contribution in [2.45, 2.75) is 13.8 Å². The summed E-state index contributed by atoms with van der Waals surface area (Å²) in [5, 5.41) is 6.55. The molecule has 0 fully saturated rings. The van der Waals surface area contributed by atoms with Gasteiger partial charge in [-0.25, -0.2) is 0 Å². The molecule has 20 heavy (non-hydrogen) atoms. The van der Waals surface area contributed by atoms with Gasteiger partial charge in [-0.15, -0.1) is 0 Å². The van der Waals surface area contributed by atoms with Crippen LogP contribution in [0.5, 0.6) is 0 Å². The van der Waals surface area contributed by atoms with Crippen LogP contribution < -0.4 is 10.6 Å². The molecule has 1 aromatic carbocycles. The maximum atomic E-state index is 12.1. The first-order valence-electron chi connectivity index (χ1n) is 6.37. The highest BCUT2D eigenvalue weighted by Crippen LogP contribution is 2.20. The molecular formula is C15H16ClN3O. The van der Waals surface area contributed by atoms with E-state index in [1.165, 1.54) is 0 Å². The van der Waals surface area contributed by atoms with Crippen LogP contribution in [0.4, 0.5) is 11.4 Å². The number of nitrogens with zero attached hydrogens (tertiary/aromatic N) is 1. The number of aryl methyl sites for hydroxylation is 1. The number of hydrogen-bond acceptors (Lipinski definition) is 3. The Bertz CT molecular complexity index is 628. The Morgan fingerprint density at radius 1 is 1.25 bits per heavy atom. The van der Waals surface area contributed by atoms with Crippen LogP contribution in [0.3, 0.4) is 0 Å². The molecule has 0 aliphatic rings. The fourth-order valence-corrected chi connectivity index (χ4v) is 1.92. The molecule has 2 N–H and O–H groups in total. The number of pyridine rings is 1. The summed E-state index contributed by atoms with van der Waals surface area (Å²) in [6.07, 6.45) is 1.61. The van der Waals surface area contributed by atoms with Crippen LogP contribution >= 0.6 is 11.6 Å². The average molecular weight is 290 g/mol. The standard InChI is InChI=1S/C15H16ClN3O/c1-3-17-11-6-7-18-14(9-11)15(20)19-12-5-4-10(2)13(16)8-12/h4-9H,3H2,1-2H3,(H,17,18)(H,19,20). The summed E-state index contributed by atoms with van der Waals surface area (Å²) in [6, 6.07) is 8.94. The molecule has 0 unspecified atom stereocenters. The monoisotopic (exact) mass is 289 g/mol. The smallest absolute Gasteiger partial charge is 0.274 e. The van der Waals surface area contributed by atoms with Crippen molar-refractivity contribution in [3.8, 4) is 0 Å². The van der Waals surface area contributed by atoms with E-state index in [0.29, 0.717) is 16.4 Å². The Morgan fingerprint density at radius 3 is 2.75 bits per heavy atom. The maximum absolute atomic E-state index is 12.1. The van der Waals surface area contributed by atoms with Gasteiger partial charge in [0, 0.05) is 29.1 Å². The minimum atomic E-state index is -0.260. The van der Waals surface area contributed by atoms with Crippen LogP contribution in [0, 0.1) is 6.92 Å². The molecule has 2 aromatic rings. The predicted molar refractivity (Wildman–Crippen MR) is 82.5 cm³/mol. The van der Waals surface area contributed by atoms with Gasteiger partial charge in [0.15, 0.2) is 0 Å². The maximum Gasteiger partial charge on any atom is 0.274 e. The lowest BCUT2D eigenvalue weighted by molar-refractivity contribution is 0.102. The van der Waals surface area contributed by atoms with Crippen molar-refractivity contribution in [3.05, 3.63) is 52.8 Å². The Labute approximate surface area is 123 Å². The van der Waals surface area contributed by atoms with Gasteiger partial charge in [-0.05, 0) is 43.7 Å². The normalized spacial score (nSPS) is 10.2. The molecule has 1 heterocycles. The molecular weight excluding hydrogens is 274 g/mol. The van der Waals surface area contributed by atoms with E-state index >= 15 is 0 Å². The van der Waals surface area contributed by atoms with Crippen LogP contribution in [0.2, 0.25) is 5.02 Å². The Hall–Kier alpha value is -2.07. The van der Waals surface area contributed by atoms with E-state index in [1.54, 1.807) is 18.3 Å². The lowest BCUT2D eigenvalue weighted by Gasteiger charge is -2.08. The van der Waals surface area contributed by atoms with Gasteiger partial charge in [-0.1, -0.05) is 17.7 Å². The third-order valence-electron chi connectivity index (χ3n) is 2.80. The quantitative estimate of drug-likeness (QED) is 0.902. The van der Waals surface area contributed by atoms with Gasteiger partial charge in [0.2, 0.25) is 0 Å². The van der Waals surface area contributed by atoms with E-state index < -0.39 is 0 Å². The molecule has 0 saturated carbocycles. The zero-order valence-electron chi connectivity index (χ0n) is 11.4. The molecule has 0 aliphatic heterocycles. The minimum Gasteiger partial charge on any atom is -0.385 e. The van der Waals surface area contributed by atoms with E-state index in [1.807, 2.05) is 32.0 Å². The number of amides is 1. The number of hydrogen-bond donors (Lipinski definition) is 2. The van der Waals surface area contributed by atoms with Crippen LogP contribution in [-0.2, 0) is 0 Å². The van der Waals surface area contributed by atoms with Gasteiger partial charge in [-0.3, -0.25) is 9.78 Å². The molecule has 1 aromatic heterocycles. The van der Waals surface area contributed by atoms with Gasteiger partial charge in [0.05, 0.1) is 0 Å². The molecule has 4 nitrogen and oxygen atoms in total. The molecule has 2 rings (SSSR count). The molecule has 104 valence electrons. The van der Waals surface area contributed by atoms with E-state index in [9.17, 15) is 4.79 Å². The van der Waals surface area contributed by atoms with E-state index in [2.05, 4.69) is 15.6 Å². The van der Waals surface area contributed by atoms with Crippen LogP contribution in [0.1, 0.15) is 23.0 Å². The summed E-state index contributed by atoms with van der Waals surface area (Å²) >= 11 is 6.03. The second kappa shape index (κ2) is 6.39. The summed E-state index contributed by atoms with van der Waals surface area (Å²) < 4.78 is 0. The van der Waals surface area contributed by atoms with Crippen molar-refractivity contribution < 1.29 is 4.79 Å². The highest BCUT2D eigenvalue weighted by molar-refractivity contribution is 6.31. The molecule has 5 heteroatoms. The van der Waals surface area contributed by atoms with Crippen LogP contribution in [-0.4, -0.2) is 17.4 Å². The van der Waals surface area contributed by atoms with Crippen molar-refractivity contribution in [2.75, 3.05) is 17.2 Å². The summed E-state index contributed by atoms with van der Waals surface area (Å²) in [4.78, 5) is 16.2. The molecule has 0 spiro atoms. The first-order chi connectivity index (χ1) is 9.60. The Kier molecular flexibility index (Phi) is 4.58. The fraction of sp³-hybridized carbons (Fsp3) is 0.200. The zero-order valence-corrected chi connectivity index (χ0v) is 12.2. The van der Waals surface area contributed by atoms with E-state index in [4.69, 9.17) is 11.6 Å². The van der Waals surface area contributed by atoms with Gasteiger partial charge in [-0.2, -0.15) is 0 Å². The second-order valence-electron chi connectivity index (χ2n) is 4.38. The molecule has 0 radical (unpaired) electrons. The van der Waals surface area contributed by atoms with Gasteiger partial charge >= 0.3 is 0 Å². The number of halogens is 1. The third kappa shape index (κ3) is 3.48. The summed E-state index contributed by atoms with van der Waals surface area (Å²) in [5.41, 5.74) is 2.85. The van der Waals surface area contributed by atoms with E-state index in [-0.39, 0.29) is 5.91 Å². The fourth-order valence-electron chi connectivity index (χ4n) is 1.73. The number of benzene rings is 1. The highest BCUT2D eigenvalue weighted by Gasteiger charge is 2.09. The average Bonchev–Trinajstić information content (AvgIpc) is 2.43. The topological polar surface area (TPSA) is 54.0 Å². The predicted octanol–water partition coefficient (Wildman–Crippen LogP) is 3.73. The molecule has 0 saturated heterocycles. The van der Waals surface area contributed by atoms with E-state index in [0.717, 1.165) is 17.8 Å². The summed E-state index contributed by atoms with van der Waals surface area (Å²) in [5.74, 6) is -0.260. The number of anilines is 2. The molecule has 0 aliphatic carbocycles. The summed E-state index contributed by atoms with van der Waals surface area (Å²) in [7, 11) is 0. The van der Waals surface area contributed by atoms with Crippen molar-refractivity contribution in [1.29, 1.82) is 0 Å². The SMILES string of the molecule is CCNc1ccnc(C(=O)Nc2ccc(C)c(Cl)c2)c1. The van der Waals surface area contributed by atoms with Crippen molar-refractivity contribution in [3.63, 3.8) is 0 Å². The third-order valence-corrected chi connectivity index (χ3v) is 3.21. The molecule has 1 amide bonds. The van der Waals surface area contributed by atoms with Gasteiger partial charge in [0.1, 0.15) is 5.69 Å². The Balaban J connectivity index is 2.15. The lowest BCUT2D eigenvalue weighted by atomic mass is 10.2. The first kappa shape index (κ1) is 14.3. The number of aromatic nitrogens is 1. The van der Waals surface area contributed by atoms with Crippen LogP contribution in [0.15, 0.2) is 36.5 Å². The van der Waals surface area contributed by atoms with Gasteiger partial charge < -0.3 is 10.6 Å². The molecule has 0 atom stereocenters. The van der Waals surface area contributed by atoms with Crippen molar-refractivity contribution >= 4 is 28.9 Å². The first-order valence-corrected chi connectivity index (χ1v) is 6.75. The second-order valence-corrected chi connectivity index (χ2v) is 4.79. The number of carbonyl (C=O) groups excluding carboxylic acids is 1. The van der Waals surface area contributed by atoms with Crippen molar-refractivity contribution in [1.82, 2.24) is 4.98 Å².